The molecule has 3 aromatic rings. The molecule has 1 unspecified atom stereocenters. The van der Waals surface area contributed by atoms with Crippen LogP contribution >= 0.6 is 11.6 Å². The maximum Gasteiger partial charge on any atom is 0.326 e. The summed E-state index contributed by atoms with van der Waals surface area (Å²) in [4.78, 5) is 19.9. The molecule has 0 aliphatic heterocycles. The second-order valence-electron chi connectivity index (χ2n) is 4.83. The highest BCUT2D eigenvalue weighted by atomic mass is 35.5. The minimum atomic E-state index is -1.03. The van der Waals surface area contributed by atoms with E-state index in [1.165, 1.54) is 29.8 Å². The Morgan fingerprint density at radius 2 is 2.18 bits per heavy atom. The number of hydrogen-bond acceptors (Lipinski definition) is 3. The molecule has 0 spiro atoms. The van der Waals surface area contributed by atoms with E-state index in [1.807, 2.05) is 0 Å². The highest BCUT2D eigenvalue weighted by molar-refractivity contribution is 6.31. The second kappa shape index (κ2) is 5.38. The molecule has 22 heavy (non-hydrogen) atoms. The van der Waals surface area contributed by atoms with Gasteiger partial charge in [0.15, 0.2) is 5.65 Å². The third-order valence-corrected chi connectivity index (χ3v) is 3.53. The quantitative estimate of drug-likeness (QED) is 0.801. The van der Waals surface area contributed by atoms with Crippen molar-refractivity contribution in [3.8, 4) is 11.4 Å². The molecule has 0 aliphatic rings. The Kier molecular flexibility index (Phi) is 3.54. The highest BCUT2D eigenvalue weighted by Crippen LogP contribution is 2.29. The number of carboxylic acids is 1. The van der Waals surface area contributed by atoms with E-state index in [9.17, 15) is 14.3 Å². The summed E-state index contributed by atoms with van der Waals surface area (Å²) in [5.74, 6) is -1.13. The molecule has 0 saturated heterocycles. The zero-order chi connectivity index (χ0) is 15.9. The number of benzene rings is 1. The van der Waals surface area contributed by atoms with Gasteiger partial charge in [0.25, 0.3) is 0 Å². The molecule has 0 aliphatic carbocycles. The zero-order valence-electron chi connectivity index (χ0n) is 11.5. The molecule has 1 N–H and O–H groups in total. The fraction of sp³-hybridized carbons (Fsp3) is 0.133. The predicted molar refractivity (Wildman–Crippen MR) is 80.3 cm³/mol. The standard InChI is InChI=1S/C15H11ClFN3O2/c1-8(15(21)22)20-13(9-3-2-4-11(17)5-9)19-12-6-10(16)7-18-14(12)20/h2-8H,1H3,(H,21,22). The van der Waals surface area contributed by atoms with Gasteiger partial charge in [-0.2, -0.15) is 0 Å². The summed E-state index contributed by atoms with van der Waals surface area (Å²) in [5, 5.41) is 9.71. The first-order valence-corrected chi connectivity index (χ1v) is 6.87. The number of imidazole rings is 1. The summed E-state index contributed by atoms with van der Waals surface area (Å²) in [5.41, 5.74) is 1.32. The summed E-state index contributed by atoms with van der Waals surface area (Å²) >= 11 is 5.91. The maximum absolute atomic E-state index is 13.5. The van der Waals surface area contributed by atoms with Gasteiger partial charge in [0.1, 0.15) is 23.2 Å². The lowest BCUT2D eigenvalue weighted by Crippen LogP contribution is -2.17. The van der Waals surface area contributed by atoms with Gasteiger partial charge in [0.05, 0.1) is 5.02 Å². The van der Waals surface area contributed by atoms with E-state index in [0.29, 0.717) is 27.6 Å². The molecule has 0 bridgehead atoms. The van der Waals surface area contributed by atoms with Crippen molar-refractivity contribution in [2.45, 2.75) is 13.0 Å². The average molecular weight is 320 g/mol. The van der Waals surface area contributed by atoms with E-state index < -0.39 is 17.8 Å². The van der Waals surface area contributed by atoms with Crippen molar-refractivity contribution >= 4 is 28.7 Å². The largest absolute Gasteiger partial charge is 0.480 e. The Balaban J connectivity index is 2.33. The molecule has 112 valence electrons. The summed E-state index contributed by atoms with van der Waals surface area (Å²) in [6.07, 6.45) is 1.42. The van der Waals surface area contributed by atoms with Crippen molar-refractivity contribution in [3.63, 3.8) is 0 Å². The van der Waals surface area contributed by atoms with Crippen LogP contribution < -0.4 is 0 Å². The third kappa shape index (κ3) is 2.42. The van der Waals surface area contributed by atoms with E-state index in [4.69, 9.17) is 11.6 Å². The average Bonchev–Trinajstić information content (AvgIpc) is 2.84. The molecule has 3 rings (SSSR count). The van der Waals surface area contributed by atoms with Gasteiger partial charge >= 0.3 is 5.97 Å². The first kappa shape index (κ1) is 14.5. The van der Waals surface area contributed by atoms with Crippen LogP contribution in [0.15, 0.2) is 36.5 Å². The molecule has 0 radical (unpaired) electrons. The minimum Gasteiger partial charge on any atom is -0.480 e. The van der Waals surface area contributed by atoms with Gasteiger partial charge in [-0.15, -0.1) is 0 Å². The van der Waals surface area contributed by atoms with Gasteiger partial charge in [-0.3, -0.25) is 4.57 Å². The summed E-state index contributed by atoms with van der Waals surface area (Å²) < 4.78 is 14.9. The fourth-order valence-corrected chi connectivity index (χ4v) is 2.42. The number of pyridine rings is 1. The Morgan fingerprint density at radius 3 is 2.86 bits per heavy atom. The van der Waals surface area contributed by atoms with Gasteiger partial charge in [0, 0.05) is 11.8 Å². The zero-order valence-corrected chi connectivity index (χ0v) is 12.3. The topological polar surface area (TPSA) is 68.0 Å². The lowest BCUT2D eigenvalue weighted by molar-refractivity contribution is -0.140. The molecule has 0 saturated carbocycles. The SMILES string of the molecule is CC(C(=O)O)n1c(-c2cccc(F)c2)nc2cc(Cl)cnc21. The van der Waals surface area contributed by atoms with Crippen molar-refractivity contribution in [1.29, 1.82) is 0 Å². The van der Waals surface area contributed by atoms with E-state index in [-0.39, 0.29) is 0 Å². The maximum atomic E-state index is 13.5. The lowest BCUT2D eigenvalue weighted by Gasteiger charge is -2.13. The molecular weight excluding hydrogens is 309 g/mol. The van der Waals surface area contributed by atoms with Gasteiger partial charge < -0.3 is 5.11 Å². The number of aromatic nitrogens is 3. The summed E-state index contributed by atoms with van der Waals surface area (Å²) in [7, 11) is 0. The molecule has 2 heterocycles. The Morgan fingerprint density at radius 1 is 1.41 bits per heavy atom. The van der Waals surface area contributed by atoms with E-state index in [1.54, 1.807) is 18.2 Å². The molecule has 2 aromatic heterocycles. The Labute approximate surface area is 130 Å². The number of fused-ring (bicyclic) bond motifs is 1. The van der Waals surface area contributed by atoms with Crippen LogP contribution in [0.4, 0.5) is 4.39 Å². The monoisotopic (exact) mass is 319 g/mol. The van der Waals surface area contributed by atoms with Gasteiger partial charge in [-0.05, 0) is 25.1 Å². The minimum absolute atomic E-state index is 0.333. The number of halogens is 2. The normalized spacial score (nSPS) is 12.5. The number of rotatable bonds is 3. The fourth-order valence-electron chi connectivity index (χ4n) is 2.27. The van der Waals surface area contributed by atoms with Crippen molar-refractivity contribution in [2.75, 3.05) is 0 Å². The number of carboxylic acid groups (broad SMARTS) is 1. The van der Waals surface area contributed by atoms with Crippen molar-refractivity contribution in [2.24, 2.45) is 0 Å². The predicted octanol–water partition coefficient (Wildman–Crippen LogP) is 3.54. The van der Waals surface area contributed by atoms with Crippen molar-refractivity contribution in [3.05, 3.63) is 47.4 Å². The first-order chi connectivity index (χ1) is 10.5. The molecule has 5 nitrogen and oxygen atoms in total. The molecule has 0 amide bonds. The summed E-state index contributed by atoms with van der Waals surface area (Å²) in [6, 6.07) is 6.51. The van der Waals surface area contributed by atoms with E-state index in [0.717, 1.165) is 0 Å². The van der Waals surface area contributed by atoms with E-state index in [2.05, 4.69) is 9.97 Å². The van der Waals surface area contributed by atoms with Crippen molar-refractivity contribution in [1.82, 2.24) is 14.5 Å². The van der Waals surface area contributed by atoms with Crippen LogP contribution in [0.25, 0.3) is 22.6 Å². The van der Waals surface area contributed by atoms with Gasteiger partial charge in [-0.1, -0.05) is 23.7 Å². The van der Waals surface area contributed by atoms with Gasteiger partial charge in [0.2, 0.25) is 0 Å². The second-order valence-corrected chi connectivity index (χ2v) is 5.26. The Bertz CT molecular complexity index is 878. The van der Waals surface area contributed by atoms with E-state index >= 15 is 0 Å². The lowest BCUT2D eigenvalue weighted by atomic mass is 10.2. The van der Waals surface area contributed by atoms with Crippen LogP contribution in [0.1, 0.15) is 13.0 Å². The van der Waals surface area contributed by atoms with Crippen LogP contribution in [0, 0.1) is 5.82 Å². The van der Waals surface area contributed by atoms with Crippen LogP contribution in [0.2, 0.25) is 5.02 Å². The molecule has 0 fully saturated rings. The Hall–Kier alpha value is -2.47. The third-order valence-electron chi connectivity index (χ3n) is 3.32. The van der Waals surface area contributed by atoms with Crippen LogP contribution in [-0.4, -0.2) is 25.6 Å². The molecule has 1 atom stereocenters. The van der Waals surface area contributed by atoms with Crippen LogP contribution in [-0.2, 0) is 4.79 Å². The number of nitrogens with zero attached hydrogens (tertiary/aromatic N) is 3. The van der Waals surface area contributed by atoms with Crippen LogP contribution in [0.3, 0.4) is 0 Å². The summed E-state index contributed by atoms with van der Waals surface area (Å²) in [6.45, 7) is 1.52. The highest BCUT2D eigenvalue weighted by Gasteiger charge is 2.23. The molecule has 7 heteroatoms. The van der Waals surface area contributed by atoms with Crippen molar-refractivity contribution < 1.29 is 14.3 Å². The van der Waals surface area contributed by atoms with Crippen LogP contribution in [0.5, 0.6) is 0 Å². The number of carbonyl (C=O) groups is 1. The number of hydrogen-bond donors (Lipinski definition) is 1. The molecular formula is C15H11ClFN3O2. The molecule has 1 aromatic carbocycles. The first-order valence-electron chi connectivity index (χ1n) is 6.49. The number of aliphatic carboxylic acids is 1. The van der Waals surface area contributed by atoms with Gasteiger partial charge in [-0.25, -0.2) is 19.2 Å². The smallest absolute Gasteiger partial charge is 0.326 e.